The number of alkyl halides is 1. The molecule has 0 aliphatic carbocycles. The Labute approximate surface area is 118 Å². The van der Waals surface area contributed by atoms with Crippen LogP contribution in [-0.2, 0) is 12.8 Å². The normalized spacial score (nSPS) is 12.6. The Bertz CT molecular complexity index is 302. The molecule has 0 heterocycles. The van der Waals surface area contributed by atoms with Gasteiger partial charge in [-0.3, -0.25) is 0 Å². The Morgan fingerprint density at radius 3 is 2.17 bits per heavy atom. The zero-order valence-electron chi connectivity index (χ0n) is 11.9. The molecule has 1 aromatic rings. The van der Waals surface area contributed by atoms with E-state index in [2.05, 4.69) is 38.1 Å². The number of benzene rings is 1. The summed E-state index contributed by atoms with van der Waals surface area (Å²) in [5, 5.41) is 0. The molecule has 0 spiro atoms. The standard InChI is InChI=1S/C17H27Cl/c1-3-4-5-6-7-8-16-9-11-17(12-10-16)13-15(2)14-18/h9-12,15H,3-8,13-14H2,1-2H3. The van der Waals surface area contributed by atoms with Crippen LogP contribution in [0.4, 0.5) is 0 Å². The van der Waals surface area contributed by atoms with Gasteiger partial charge < -0.3 is 0 Å². The van der Waals surface area contributed by atoms with Crippen molar-refractivity contribution >= 4 is 11.6 Å². The number of aryl methyl sites for hydroxylation is 1. The van der Waals surface area contributed by atoms with Gasteiger partial charge in [0.1, 0.15) is 0 Å². The minimum Gasteiger partial charge on any atom is -0.126 e. The maximum absolute atomic E-state index is 5.84. The van der Waals surface area contributed by atoms with Gasteiger partial charge in [0.15, 0.2) is 0 Å². The van der Waals surface area contributed by atoms with Gasteiger partial charge in [-0.25, -0.2) is 0 Å². The highest BCUT2D eigenvalue weighted by molar-refractivity contribution is 6.18. The number of unbranched alkanes of at least 4 members (excludes halogenated alkanes) is 4. The third-order valence-corrected chi connectivity index (χ3v) is 3.97. The van der Waals surface area contributed by atoms with Crippen LogP contribution in [0.1, 0.15) is 57.1 Å². The minimum absolute atomic E-state index is 0.576. The largest absolute Gasteiger partial charge is 0.126 e. The first-order chi connectivity index (χ1) is 8.76. The highest BCUT2D eigenvalue weighted by Gasteiger charge is 2.02. The van der Waals surface area contributed by atoms with Crippen LogP contribution in [0.2, 0.25) is 0 Å². The molecule has 18 heavy (non-hydrogen) atoms. The second-order valence-corrected chi connectivity index (χ2v) is 5.75. The number of rotatable bonds is 9. The van der Waals surface area contributed by atoms with Gasteiger partial charge in [-0.15, -0.1) is 11.6 Å². The molecule has 0 aliphatic heterocycles. The van der Waals surface area contributed by atoms with E-state index < -0.39 is 0 Å². The smallest absolute Gasteiger partial charge is 0.0252 e. The predicted molar refractivity (Wildman–Crippen MR) is 82.5 cm³/mol. The van der Waals surface area contributed by atoms with Gasteiger partial charge in [-0.1, -0.05) is 63.8 Å². The molecule has 0 bridgehead atoms. The molecule has 0 fully saturated rings. The zero-order chi connectivity index (χ0) is 13.2. The van der Waals surface area contributed by atoms with Crippen LogP contribution in [-0.4, -0.2) is 5.88 Å². The molecule has 1 rings (SSSR count). The summed E-state index contributed by atoms with van der Waals surface area (Å²) in [7, 11) is 0. The van der Waals surface area contributed by atoms with Crippen LogP contribution in [0.15, 0.2) is 24.3 Å². The lowest BCUT2D eigenvalue weighted by molar-refractivity contribution is 0.631. The summed E-state index contributed by atoms with van der Waals surface area (Å²) in [6, 6.07) is 9.11. The first-order valence-corrected chi connectivity index (χ1v) is 7.93. The van der Waals surface area contributed by atoms with E-state index in [1.807, 2.05) is 0 Å². The molecule has 0 amide bonds. The number of hydrogen-bond donors (Lipinski definition) is 0. The summed E-state index contributed by atoms with van der Waals surface area (Å²) in [5.41, 5.74) is 2.90. The number of hydrogen-bond acceptors (Lipinski definition) is 0. The maximum atomic E-state index is 5.84. The van der Waals surface area contributed by atoms with Crippen molar-refractivity contribution in [3.8, 4) is 0 Å². The molecular formula is C17H27Cl. The van der Waals surface area contributed by atoms with Crippen molar-refractivity contribution < 1.29 is 0 Å². The second kappa shape index (κ2) is 9.44. The number of halogens is 1. The fraction of sp³-hybridized carbons (Fsp3) is 0.647. The molecule has 0 N–H and O–H groups in total. The molecule has 0 radical (unpaired) electrons. The molecule has 1 aromatic carbocycles. The SMILES string of the molecule is CCCCCCCc1ccc(CC(C)CCl)cc1. The highest BCUT2D eigenvalue weighted by Crippen LogP contribution is 2.13. The van der Waals surface area contributed by atoms with E-state index in [4.69, 9.17) is 11.6 Å². The van der Waals surface area contributed by atoms with E-state index in [1.54, 1.807) is 0 Å². The Hall–Kier alpha value is -0.490. The summed E-state index contributed by atoms with van der Waals surface area (Å²) < 4.78 is 0. The van der Waals surface area contributed by atoms with E-state index in [0.29, 0.717) is 5.92 Å². The lowest BCUT2D eigenvalue weighted by atomic mass is 9.99. The molecule has 102 valence electrons. The Kier molecular flexibility index (Phi) is 8.17. The van der Waals surface area contributed by atoms with Gasteiger partial charge >= 0.3 is 0 Å². The van der Waals surface area contributed by atoms with Gasteiger partial charge in [0.25, 0.3) is 0 Å². The van der Waals surface area contributed by atoms with Crippen LogP contribution in [0.5, 0.6) is 0 Å². The summed E-state index contributed by atoms with van der Waals surface area (Å²) in [6.07, 6.45) is 9.14. The first-order valence-electron chi connectivity index (χ1n) is 7.40. The monoisotopic (exact) mass is 266 g/mol. The van der Waals surface area contributed by atoms with Crippen molar-refractivity contribution in [2.45, 2.75) is 58.8 Å². The van der Waals surface area contributed by atoms with E-state index in [9.17, 15) is 0 Å². The van der Waals surface area contributed by atoms with Crippen molar-refractivity contribution in [2.24, 2.45) is 5.92 Å². The third kappa shape index (κ3) is 6.44. The Morgan fingerprint density at radius 1 is 0.944 bits per heavy atom. The van der Waals surface area contributed by atoms with Crippen LogP contribution in [0.3, 0.4) is 0 Å². The molecule has 1 unspecified atom stereocenters. The Balaban J connectivity index is 2.27. The van der Waals surface area contributed by atoms with E-state index in [-0.39, 0.29) is 0 Å². The topological polar surface area (TPSA) is 0 Å². The average Bonchev–Trinajstić information content (AvgIpc) is 2.40. The summed E-state index contributed by atoms with van der Waals surface area (Å²) in [6.45, 7) is 4.47. The summed E-state index contributed by atoms with van der Waals surface area (Å²) >= 11 is 5.84. The van der Waals surface area contributed by atoms with Crippen molar-refractivity contribution in [3.63, 3.8) is 0 Å². The van der Waals surface area contributed by atoms with Crippen LogP contribution in [0.25, 0.3) is 0 Å². The molecule has 0 aliphatic rings. The van der Waals surface area contributed by atoms with Gasteiger partial charge in [0.2, 0.25) is 0 Å². The lowest BCUT2D eigenvalue weighted by Crippen LogP contribution is -2.00. The van der Waals surface area contributed by atoms with Crippen LogP contribution >= 0.6 is 11.6 Å². The molecule has 1 atom stereocenters. The molecule has 0 nitrogen and oxygen atoms in total. The van der Waals surface area contributed by atoms with E-state index >= 15 is 0 Å². The molecular weight excluding hydrogens is 240 g/mol. The van der Waals surface area contributed by atoms with Crippen LogP contribution < -0.4 is 0 Å². The van der Waals surface area contributed by atoms with Gasteiger partial charge in [0, 0.05) is 5.88 Å². The molecule has 0 aromatic heterocycles. The first kappa shape index (κ1) is 15.6. The van der Waals surface area contributed by atoms with Crippen molar-refractivity contribution in [1.82, 2.24) is 0 Å². The minimum atomic E-state index is 0.576. The zero-order valence-corrected chi connectivity index (χ0v) is 12.7. The molecule has 1 heteroatoms. The van der Waals surface area contributed by atoms with Crippen molar-refractivity contribution in [1.29, 1.82) is 0 Å². The van der Waals surface area contributed by atoms with Gasteiger partial charge in [0.05, 0.1) is 0 Å². The molecule has 0 saturated heterocycles. The average molecular weight is 267 g/mol. The summed E-state index contributed by atoms with van der Waals surface area (Å²) in [4.78, 5) is 0. The van der Waals surface area contributed by atoms with Gasteiger partial charge in [-0.05, 0) is 36.3 Å². The second-order valence-electron chi connectivity index (χ2n) is 5.44. The van der Waals surface area contributed by atoms with E-state index in [0.717, 1.165) is 12.3 Å². The fourth-order valence-corrected chi connectivity index (χ4v) is 2.34. The van der Waals surface area contributed by atoms with Crippen molar-refractivity contribution in [2.75, 3.05) is 5.88 Å². The fourth-order valence-electron chi connectivity index (χ4n) is 2.23. The summed E-state index contributed by atoms with van der Waals surface area (Å²) in [5.74, 6) is 1.32. The quantitative estimate of drug-likeness (QED) is 0.402. The van der Waals surface area contributed by atoms with Gasteiger partial charge in [-0.2, -0.15) is 0 Å². The predicted octanol–water partition coefficient (Wildman–Crippen LogP) is 5.62. The van der Waals surface area contributed by atoms with Crippen molar-refractivity contribution in [3.05, 3.63) is 35.4 Å². The Morgan fingerprint density at radius 2 is 1.56 bits per heavy atom. The molecule has 0 saturated carbocycles. The highest BCUT2D eigenvalue weighted by atomic mass is 35.5. The third-order valence-electron chi connectivity index (χ3n) is 3.44. The van der Waals surface area contributed by atoms with Crippen LogP contribution in [0, 0.1) is 5.92 Å². The maximum Gasteiger partial charge on any atom is 0.0252 e. The van der Waals surface area contributed by atoms with E-state index in [1.165, 1.54) is 49.7 Å². The lowest BCUT2D eigenvalue weighted by Gasteiger charge is -2.08.